The van der Waals surface area contributed by atoms with Gasteiger partial charge in [0.05, 0.1) is 12.7 Å². The first kappa shape index (κ1) is 27.9. The molecule has 0 bridgehead atoms. The molecule has 1 aliphatic heterocycles. The second-order valence-corrected chi connectivity index (χ2v) is 10.8. The molecular weight excluding hydrogens is 492 g/mol. The fourth-order valence-electron chi connectivity index (χ4n) is 4.74. The zero-order chi connectivity index (χ0) is 28.0. The number of nitrogens with zero attached hydrogens (tertiary/aromatic N) is 2. The molecule has 0 radical (unpaired) electrons. The van der Waals surface area contributed by atoms with Crippen molar-refractivity contribution in [1.29, 1.82) is 0 Å². The molecule has 0 atom stereocenters. The number of amides is 1. The van der Waals surface area contributed by atoms with E-state index in [0.717, 1.165) is 25.1 Å². The lowest BCUT2D eigenvalue weighted by molar-refractivity contribution is 0.0204. The fourth-order valence-corrected chi connectivity index (χ4v) is 4.74. The number of methoxy groups -OCH3 is 1. The van der Waals surface area contributed by atoms with Crippen LogP contribution in [-0.2, 0) is 16.0 Å². The van der Waals surface area contributed by atoms with Crippen molar-refractivity contribution in [3.8, 4) is 0 Å². The zero-order valence-electron chi connectivity index (χ0n) is 23.1. The number of carbonyl (C=O) groups excluding carboxylic acids is 3. The largest absolute Gasteiger partial charge is 0.465 e. The Morgan fingerprint density at radius 1 is 0.821 bits per heavy atom. The van der Waals surface area contributed by atoms with Crippen LogP contribution in [0.25, 0.3) is 0 Å². The Morgan fingerprint density at radius 3 is 1.90 bits per heavy atom. The highest BCUT2D eigenvalue weighted by Gasteiger charge is 2.30. The molecule has 7 nitrogen and oxygen atoms in total. The highest BCUT2D eigenvalue weighted by molar-refractivity contribution is 6.09. The van der Waals surface area contributed by atoms with E-state index in [1.807, 2.05) is 63.2 Å². The summed E-state index contributed by atoms with van der Waals surface area (Å²) in [6.07, 6.45) is 1.37. The Morgan fingerprint density at radius 2 is 1.36 bits per heavy atom. The monoisotopic (exact) mass is 528 g/mol. The van der Waals surface area contributed by atoms with Crippen LogP contribution in [0.2, 0.25) is 0 Å². The fraction of sp³-hybridized carbons (Fsp3) is 0.344. The number of carbonyl (C=O) groups is 3. The van der Waals surface area contributed by atoms with Crippen LogP contribution in [0.1, 0.15) is 65.5 Å². The third kappa shape index (κ3) is 7.25. The standard InChI is InChI=1S/C32H36N2O5/c1-32(2,3)39-31(37)33-20-18-28(19-21-33)34(22-23-8-6-5-7-9-23)27-16-14-25(15-17-27)29(35)24-10-12-26(13-11-24)30(36)38-4/h5-17,28H,18-22H2,1-4H3. The van der Waals surface area contributed by atoms with Crippen molar-refractivity contribution < 1.29 is 23.9 Å². The van der Waals surface area contributed by atoms with Gasteiger partial charge < -0.3 is 19.3 Å². The highest BCUT2D eigenvalue weighted by atomic mass is 16.6. The van der Waals surface area contributed by atoms with Crippen molar-refractivity contribution in [2.75, 3.05) is 25.1 Å². The number of benzene rings is 3. The van der Waals surface area contributed by atoms with Crippen LogP contribution in [0.4, 0.5) is 10.5 Å². The molecule has 0 saturated carbocycles. The minimum absolute atomic E-state index is 0.113. The van der Waals surface area contributed by atoms with Gasteiger partial charge in [-0.3, -0.25) is 4.79 Å². The van der Waals surface area contributed by atoms with E-state index < -0.39 is 11.6 Å². The molecule has 0 aromatic heterocycles. The van der Waals surface area contributed by atoms with E-state index in [2.05, 4.69) is 17.0 Å². The van der Waals surface area contributed by atoms with Gasteiger partial charge in [0.1, 0.15) is 5.60 Å². The van der Waals surface area contributed by atoms with Gasteiger partial charge in [0.2, 0.25) is 0 Å². The van der Waals surface area contributed by atoms with Crippen molar-refractivity contribution in [3.63, 3.8) is 0 Å². The van der Waals surface area contributed by atoms with Crippen molar-refractivity contribution in [1.82, 2.24) is 4.90 Å². The molecule has 1 fully saturated rings. The van der Waals surface area contributed by atoms with Crippen LogP contribution in [0.3, 0.4) is 0 Å². The summed E-state index contributed by atoms with van der Waals surface area (Å²) < 4.78 is 10.3. The number of ether oxygens (including phenoxy) is 2. The van der Waals surface area contributed by atoms with Gasteiger partial charge in [0, 0.05) is 42.5 Å². The van der Waals surface area contributed by atoms with Crippen LogP contribution in [0, 0.1) is 0 Å². The number of likely N-dealkylation sites (tertiary alicyclic amines) is 1. The van der Waals surface area contributed by atoms with E-state index in [1.54, 1.807) is 29.2 Å². The maximum Gasteiger partial charge on any atom is 0.410 e. The summed E-state index contributed by atoms with van der Waals surface area (Å²) in [5.74, 6) is -0.549. The number of hydrogen-bond acceptors (Lipinski definition) is 6. The second-order valence-electron chi connectivity index (χ2n) is 10.8. The number of hydrogen-bond donors (Lipinski definition) is 0. The molecule has 39 heavy (non-hydrogen) atoms. The summed E-state index contributed by atoms with van der Waals surface area (Å²) in [6, 6.07) is 24.7. The molecule has 1 aliphatic rings. The van der Waals surface area contributed by atoms with Gasteiger partial charge in [-0.25, -0.2) is 9.59 Å². The maximum absolute atomic E-state index is 13.1. The summed E-state index contributed by atoms with van der Waals surface area (Å²) >= 11 is 0. The van der Waals surface area contributed by atoms with Crippen molar-refractivity contribution >= 4 is 23.5 Å². The van der Waals surface area contributed by atoms with E-state index in [-0.39, 0.29) is 17.9 Å². The first-order valence-corrected chi connectivity index (χ1v) is 13.3. The predicted molar refractivity (Wildman–Crippen MR) is 151 cm³/mol. The lowest BCUT2D eigenvalue weighted by atomic mass is 9.99. The third-order valence-corrected chi connectivity index (χ3v) is 6.78. The van der Waals surface area contributed by atoms with Crippen molar-refractivity contribution in [2.45, 2.75) is 51.8 Å². The average Bonchev–Trinajstić information content (AvgIpc) is 2.95. The number of rotatable bonds is 7. The minimum Gasteiger partial charge on any atom is -0.465 e. The molecule has 4 rings (SSSR count). The SMILES string of the molecule is COC(=O)c1ccc(C(=O)c2ccc(N(Cc3ccccc3)C3CCN(C(=O)OC(C)(C)C)CC3)cc2)cc1. The second kappa shape index (κ2) is 12.2. The molecule has 204 valence electrons. The van der Waals surface area contributed by atoms with Gasteiger partial charge in [-0.15, -0.1) is 0 Å². The summed E-state index contributed by atoms with van der Waals surface area (Å²) in [5, 5.41) is 0. The van der Waals surface area contributed by atoms with Gasteiger partial charge in [-0.2, -0.15) is 0 Å². The zero-order valence-corrected chi connectivity index (χ0v) is 23.1. The molecule has 0 aliphatic carbocycles. The molecule has 0 spiro atoms. The lowest BCUT2D eigenvalue weighted by Gasteiger charge is -2.40. The molecule has 0 unspecified atom stereocenters. The summed E-state index contributed by atoms with van der Waals surface area (Å²) in [6.45, 7) is 7.62. The molecule has 1 amide bonds. The quantitative estimate of drug-likeness (QED) is 0.272. The van der Waals surface area contributed by atoms with E-state index in [9.17, 15) is 14.4 Å². The molecule has 7 heteroatoms. The van der Waals surface area contributed by atoms with Crippen molar-refractivity contribution in [2.24, 2.45) is 0 Å². The smallest absolute Gasteiger partial charge is 0.410 e. The minimum atomic E-state index is -0.518. The number of anilines is 1. The van der Waals surface area contributed by atoms with Crippen LogP contribution in [0.15, 0.2) is 78.9 Å². The van der Waals surface area contributed by atoms with Gasteiger partial charge in [-0.1, -0.05) is 42.5 Å². The molecule has 3 aromatic carbocycles. The van der Waals surface area contributed by atoms with Crippen LogP contribution >= 0.6 is 0 Å². The Kier molecular flexibility index (Phi) is 8.69. The number of esters is 1. The van der Waals surface area contributed by atoms with E-state index in [0.29, 0.717) is 29.8 Å². The van der Waals surface area contributed by atoms with E-state index in [1.165, 1.54) is 12.7 Å². The molecular formula is C32H36N2O5. The predicted octanol–water partition coefficient (Wildman–Crippen LogP) is 6.11. The van der Waals surface area contributed by atoms with Gasteiger partial charge in [0.15, 0.2) is 5.78 Å². The Bertz CT molecular complexity index is 1270. The normalized spacial score (nSPS) is 14.0. The summed E-state index contributed by atoms with van der Waals surface area (Å²) in [5.41, 5.74) is 3.18. The molecule has 3 aromatic rings. The Hall–Kier alpha value is -4.13. The van der Waals surface area contributed by atoms with Gasteiger partial charge in [-0.05, 0) is 75.6 Å². The summed E-state index contributed by atoms with van der Waals surface area (Å²) in [4.78, 5) is 41.5. The highest BCUT2D eigenvalue weighted by Crippen LogP contribution is 2.28. The molecule has 0 N–H and O–H groups in total. The third-order valence-electron chi connectivity index (χ3n) is 6.78. The molecule has 1 heterocycles. The number of ketones is 1. The van der Waals surface area contributed by atoms with E-state index in [4.69, 9.17) is 9.47 Å². The maximum atomic E-state index is 13.1. The Balaban J connectivity index is 1.50. The van der Waals surface area contributed by atoms with Crippen LogP contribution in [-0.4, -0.2) is 54.6 Å². The molecule has 1 saturated heterocycles. The van der Waals surface area contributed by atoms with Gasteiger partial charge >= 0.3 is 12.1 Å². The first-order valence-electron chi connectivity index (χ1n) is 13.3. The Labute approximate surface area is 230 Å². The number of piperidine rings is 1. The summed E-state index contributed by atoms with van der Waals surface area (Å²) in [7, 11) is 1.33. The van der Waals surface area contributed by atoms with E-state index >= 15 is 0 Å². The van der Waals surface area contributed by atoms with Crippen molar-refractivity contribution in [3.05, 3.63) is 101 Å². The average molecular weight is 529 g/mol. The topological polar surface area (TPSA) is 76.2 Å². The first-order chi connectivity index (χ1) is 18.6. The van der Waals surface area contributed by atoms with Crippen LogP contribution in [0.5, 0.6) is 0 Å². The van der Waals surface area contributed by atoms with Crippen LogP contribution < -0.4 is 4.90 Å². The lowest BCUT2D eigenvalue weighted by Crippen LogP contribution is -2.48. The van der Waals surface area contributed by atoms with Gasteiger partial charge in [0.25, 0.3) is 0 Å².